The summed E-state index contributed by atoms with van der Waals surface area (Å²) in [7, 11) is 3.80. The maximum atomic E-state index is 11.4. The van der Waals surface area contributed by atoms with E-state index in [4.69, 9.17) is 0 Å². The Labute approximate surface area is 111 Å². The molecule has 0 aliphatic heterocycles. The summed E-state index contributed by atoms with van der Waals surface area (Å²) in [6, 6.07) is 7.62. The third-order valence-corrected chi connectivity index (χ3v) is 3.47. The second kappa shape index (κ2) is 5.19. The van der Waals surface area contributed by atoms with Crippen LogP contribution in [0.1, 0.15) is 25.5 Å². The van der Waals surface area contributed by atoms with Crippen LogP contribution in [0.4, 0.5) is 0 Å². The molecule has 1 aromatic carbocycles. The van der Waals surface area contributed by atoms with Gasteiger partial charge in [0, 0.05) is 10.5 Å². The SMILES string of the molecule is CN(C)C(c1ccc(Br)cc1)C(C)(C)C(=O)O. The van der Waals surface area contributed by atoms with Gasteiger partial charge in [-0.1, -0.05) is 28.1 Å². The van der Waals surface area contributed by atoms with E-state index in [2.05, 4.69) is 15.9 Å². The lowest BCUT2D eigenvalue weighted by Crippen LogP contribution is -2.39. The van der Waals surface area contributed by atoms with E-state index in [0.717, 1.165) is 10.0 Å². The van der Waals surface area contributed by atoms with E-state index in [0.29, 0.717) is 0 Å². The van der Waals surface area contributed by atoms with E-state index in [1.807, 2.05) is 43.3 Å². The average Bonchev–Trinajstić information content (AvgIpc) is 2.20. The molecule has 0 spiro atoms. The number of hydrogen-bond donors (Lipinski definition) is 1. The van der Waals surface area contributed by atoms with Crippen LogP contribution in [0.3, 0.4) is 0 Å². The standard InChI is InChI=1S/C13H18BrNO2/c1-13(2,12(16)17)11(15(3)4)9-5-7-10(14)8-6-9/h5-8,11H,1-4H3,(H,16,17). The molecular formula is C13H18BrNO2. The molecule has 0 amide bonds. The summed E-state index contributed by atoms with van der Waals surface area (Å²) in [5, 5.41) is 9.34. The topological polar surface area (TPSA) is 40.5 Å². The molecule has 0 bridgehead atoms. The monoisotopic (exact) mass is 299 g/mol. The van der Waals surface area contributed by atoms with Gasteiger partial charge < -0.3 is 10.0 Å². The van der Waals surface area contributed by atoms with Crippen molar-refractivity contribution in [3.8, 4) is 0 Å². The largest absolute Gasteiger partial charge is 0.481 e. The fourth-order valence-corrected chi connectivity index (χ4v) is 2.39. The van der Waals surface area contributed by atoms with Gasteiger partial charge in [0.1, 0.15) is 0 Å². The summed E-state index contributed by atoms with van der Waals surface area (Å²) < 4.78 is 0.992. The van der Waals surface area contributed by atoms with E-state index in [1.54, 1.807) is 13.8 Å². The first kappa shape index (κ1) is 14.2. The van der Waals surface area contributed by atoms with E-state index in [-0.39, 0.29) is 6.04 Å². The Balaban J connectivity index is 3.18. The molecule has 0 saturated carbocycles. The van der Waals surface area contributed by atoms with Crippen molar-refractivity contribution < 1.29 is 9.90 Å². The summed E-state index contributed by atoms with van der Waals surface area (Å²) in [5.74, 6) is -0.792. The highest BCUT2D eigenvalue weighted by molar-refractivity contribution is 9.10. The van der Waals surface area contributed by atoms with Crippen molar-refractivity contribution in [3.05, 3.63) is 34.3 Å². The molecule has 0 fully saturated rings. The van der Waals surface area contributed by atoms with E-state index < -0.39 is 11.4 Å². The van der Waals surface area contributed by atoms with Gasteiger partial charge in [0.15, 0.2) is 0 Å². The van der Waals surface area contributed by atoms with Crippen LogP contribution in [0.25, 0.3) is 0 Å². The van der Waals surface area contributed by atoms with Gasteiger partial charge in [-0.25, -0.2) is 0 Å². The van der Waals surface area contributed by atoms with E-state index in [9.17, 15) is 9.90 Å². The van der Waals surface area contributed by atoms with Gasteiger partial charge in [-0.3, -0.25) is 4.79 Å². The lowest BCUT2D eigenvalue weighted by Gasteiger charge is -2.36. The molecule has 1 rings (SSSR count). The zero-order valence-electron chi connectivity index (χ0n) is 10.6. The molecule has 0 aliphatic carbocycles. The van der Waals surface area contributed by atoms with Gasteiger partial charge in [0.05, 0.1) is 5.41 Å². The lowest BCUT2D eigenvalue weighted by molar-refractivity contribution is -0.150. The van der Waals surface area contributed by atoms with Crippen LogP contribution in [0.15, 0.2) is 28.7 Å². The number of carboxylic acids is 1. The second-order valence-corrected chi connectivity index (χ2v) is 5.86. The van der Waals surface area contributed by atoms with Crippen LogP contribution in [0.5, 0.6) is 0 Å². The minimum atomic E-state index is -0.836. The lowest BCUT2D eigenvalue weighted by atomic mass is 9.80. The molecule has 1 unspecified atom stereocenters. The van der Waals surface area contributed by atoms with Crippen molar-refractivity contribution in [1.29, 1.82) is 0 Å². The number of hydrogen-bond acceptors (Lipinski definition) is 2. The quantitative estimate of drug-likeness (QED) is 0.928. The highest BCUT2D eigenvalue weighted by Gasteiger charge is 2.39. The van der Waals surface area contributed by atoms with E-state index in [1.165, 1.54) is 0 Å². The van der Waals surface area contributed by atoms with Crippen molar-refractivity contribution in [1.82, 2.24) is 4.90 Å². The normalized spacial score (nSPS) is 13.8. The fraction of sp³-hybridized carbons (Fsp3) is 0.462. The van der Waals surface area contributed by atoms with Crippen molar-refractivity contribution in [2.75, 3.05) is 14.1 Å². The Hall–Kier alpha value is -0.870. The van der Waals surface area contributed by atoms with Gasteiger partial charge in [-0.2, -0.15) is 0 Å². The Morgan fingerprint density at radius 1 is 1.29 bits per heavy atom. The van der Waals surface area contributed by atoms with Crippen molar-refractivity contribution in [3.63, 3.8) is 0 Å². The zero-order chi connectivity index (χ0) is 13.2. The Morgan fingerprint density at radius 2 is 1.76 bits per heavy atom. The Bertz CT molecular complexity index is 398. The number of carbonyl (C=O) groups is 1. The van der Waals surface area contributed by atoms with Gasteiger partial charge in [0.25, 0.3) is 0 Å². The van der Waals surface area contributed by atoms with Crippen LogP contribution < -0.4 is 0 Å². The molecule has 1 atom stereocenters. The Kier molecular flexibility index (Phi) is 4.33. The third-order valence-electron chi connectivity index (χ3n) is 2.94. The van der Waals surface area contributed by atoms with Gasteiger partial charge in [0.2, 0.25) is 0 Å². The minimum absolute atomic E-state index is 0.159. The van der Waals surface area contributed by atoms with Crippen LogP contribution in [0.2, 0.25) is 0 Å². The molecule has 0 radical (unpaired) electrons. The first-order valence-corrected chi connectivity index (χ1v) is 6.21. The predicted molar refractivity (Wildman–Crippen MR) is 72.0 cm³/mol. The number of carboxylic acid groups (broad SMARTS) is 1. The molecule has 1 aromatic rings. The number of aliphatic carboxylic acids is 1. The summed E-state index contributed by atoms with van der Waals surface area (Å²) in [6.07, 6.45) is 0. The van der Waals surface area contributed by atoms with Crippen molar-refractivity contribution >= 4 is 21.9 Å². The molecule has 0 saturated heterocycles. The molecular weight excluding hydrogens is 282 g/mol. The van der Waals surface area contributed by atoms with E-state index >= 15 is 0 Å². The highest BCUT2D eigenvalue weighted by atomic mass is 79.9. The number of benzene rings is 1. The van der Waals surface area contributed by atoms with Gasteiger partial charge in [-0.05, 0) is 45.6 Å². The minimum Gasteiger partial charge on any atom is -0.481 e. The number of halogens is 1. The maximum absolute atomic E-state index is 11.4. The van der Waals surface area contributed by atoms with Gasteiger partial charge >= 0.3 is 5.97 Å². The molecule has 0 aromatic heterocycles. The summed E-state index contributed by atoms with van der Waals surface area (Å²) in [6.45, 7) is 3.50. The highest BCUT2D eigenvalue weighted by Crippen LogP contribution is 2.37. The van der Waals surface area contributed by atoms with Crippen molar-refractivity contribution in [2.24, 2.45) is 5.41 Å². The van der Waals surface area contributed by atoms with Crippen molar-refractivity contribution in [2.45, 2.75) is 19.9 Å². The third kappa shape index (κ3) is 3.07. The Morgan fingerprint density at radius 3 is 2.12 bits per heavy atom. The summed E-state index contributed by atoms with van der Waals surface area (Å²) in [5.41, 5.74) is 0.169. The van der Waals surface area contributed by atoms with Crippen LogP contribution in [-0.2, 0) is 4.79 Å². The summed E-state index contributed by atoms with van der Waals surface area (Å²) in [4.78, 5) is 13.3. The first-order valence-electron chi connectivity index (χ1n) is 5.42. The molecule has 94 valence electrons. The number of rotatable bonds is 4. The summed E-state index contributed by atoms with van der Waals surface area (Å²) >= 11 is 3.38. The molecule has 1 N–H and O–H groups in total. The smallest absolute Gasteiger partial charge is 0.311 e. The van der Waals surface area contributed by atoms with Crippen LogP contribution >= 0.6 is 15.9 Å². The number of nitrogens with zero attached hydrogens (tertiary/aromatic N) is 1. The molecule has 4 heteroatoms. The van der Waals surface area contributed by atoms with Gasteiger partial charge in [-0.15, -0.1) is 0 Å². The fourth-order valence-electron chi connectivity index (χ4n) is 2.12. The first-order chi connectivity index (χ1) is 7.76. The maximum Gasteiger partial charge on any atom is 0.311 e. The molecule has 0 aliphatic rings. The molecule has 0 heterocycles. The van der Waals surface area contributed by atoms with Crippen LogP contribution in [0, 0.1) is 5.41 Å². The van der Waals surface area contributed by atoms with Crippen LogP contribution in [-0.4, -0.2) is 30.1 Å². The second-order valence-electron chi connectivity index (χ2n) is 4.94. The predicted octanol–water partition coefficient (Wildman–Crippen LogP) is 3.16. The zero-order valence-corrected chi connectivity index (χ0v) is 12.2. The average molecular weight is 300 g/mol. The molecule has 3 nitrogen and oxygen atoms in total. The molecule has 17 heavy (non-hydrogen) atoms.